The highest BCUT2D eigenvalue weighted by molar-refractivity contribution is 5.98. The molecule has 3 heteroatoms. The molecule has 0 amide bonds. The zero-order valence-corrected chi connectivity index (χ0v) is 11.9. The van der Waals surface area contributed by atoms with Gasteiger partial charge in [0.2, 0.25) is 0 Å². The number of Topliss-reactive ketones (excluding diaryl/α,β-unsaturated/α-hetero) is 1. The minimum absolute atomic E-state index is 0.115. The van der Waals surface area contributed by atoms with Crippen molar-refractivity contribution in [1.82, 2.24) is 0 Å². The lowest BCUT2D eigenvalue weighted by Gasteiger charge is -2.17. The second kappa shape index (κ2) is 5.89. The van der Waals surface area contributed by atoms with Gasteiger partial charge in [-0.05, 0) is 24.0 Å². The van der Waals surface area contributed by atoms with E-state index >= 15 is 0 Å². The number of hydrogen-bond acceptors (Lipinski definition) is 3. The Morgan fingerprint density at radius 1 is 1.17 bits per heavy atom. The Kier molecular flexibility index (Phi) is 4.76. The van der Waals surface area contributed by atoms with Crippen LogP contribution < -0.4 is 9.47 Å². The largest absolute Gasteiger partial charge is 0.497 e. The van der Waals surface area contributed by atoms with Crippen LogP contribution in [0, 0.1) is 5.41 Å². The Morgan fingerprint density at radius 2 is 1.83 bits per heavy atom. The lowest BCUT2D eigenvalue weighted by Crippen LogP contribution is -2.10. The van der Waals surface area contributed by atoms with E-state index in [0.29, 0.717) is 23.5 Å². The van der Waals surface area contributed by atoms with Gasteiger partial charge in [0.15, 0.2) is 5.78 Å². The van der Waals surface area contributed by atoms with Crippen LogP contribution in [-0.4, -0.2) is 20.0 Å². The van der Waals surface area contributed by atoms with E-state index in [-0.39, 0.29) is 11.2 Å². The summed E-state index contributed by atoms with van der Waals surface area (Å²) >= 11 is 0. The smallest absolute Gasteiger partial charge is 0.166 e. The fourth-order valence-electron chi connectivity index (χ4n) is 1.65. The average molecular weight is 250 g/mol. The average Bonchev–Trinajstić information content (AvgIpc) is 2.34. The topological polar surface area (TPSA) is 35.5 Å². The molecule has 0 spiro atoms. The Labute approximate surface area is 109 Å². The number of carbonyl (C=O) groups excluding carboxylic acids is 1. The van der Waals surface area contributed by atoms with Gasteiger partial charge in [-0.2, -0.15) is 0 Å². The summed E-state index contributed by atoms with van der Waals surface area (Å²) in [4.78, 5) is 12.1. The van der Waals surface area contributed by atoms with Crippen LogP contribution in [0.2, 0.25) is 0 Å². The predicted molar refractivity (Wildman–Crippen MR) is 72.6 cm³/mol. The Bertz CT molecular complexity index is 416. The van der Waals surface area contributed by atoms with Gasteiger partial charge in [-0.3, -0.25) is 4.79 Å². The number of carbonyl (C=O) groups is 1. The molecule has 0 atom stereocenters. The molecule has 100 valence electrons. The van der Waals surface area contributed by atoms with E-state index in [2.05, 4.69) is 20.8 Å². The van der Waals surface area contributed by atoms with Crippen LogP contribution in [0.15, 0.2) is 18.2 Å². The maximum absolute atomic E-state index is 12.1. The molecule has 0 aliphatic rings. The minimum Gasteiger partial charge on any atom is -0.497 e. The van der Waals surface area contributed by atoms with Crippen molar-refractivity contribution >= 4 is 5.78 Å². The summed E-state index contributed by atoms with van der Waals surface area (Å²) in [5, 5.41) is 0. The van der Waals surface area contributed by atoms with Crippen LogP contribution in [0.4, 0.5) is 0 Å². The van der Waals surface area contributed by atoms with E-state index in [1.54, 1.807) is 32.4 Å². The summed E-state index contributed by atoms with van der Waals surface area (Å²) in [6.07, 6.45) is 1.40. The molecule has 3 nitrogen and oxygen atoms in total. The molecule has 0 saturated carbocycles. The molecule has 0 N–H and O–H groups in total. The van der Waals surface area contributed by atoms with Crippen molar-refractivity contribution in [3.05, 3.63) is 23.8 Å². The maximum atomic E-state index is 12.1. The molecule has 0 fully saturated rings. The van der Waals surface area contributed by atoms with Crippen LogP contribution >= 0.6 is 0 Å². The van der Waals surface area contributed by atoms with E-state index in [9.17, 15) is 4.79 Å². The number of hydrogen-bond donors (Lipinski definition) is 0. The third-order valence-corrected chi connectivity index (χ3v) is 2.81. The summed E-state index contributed by atoms with van der Waals surface area (Å²) < 4.78 is 10.4. The number of rotatable bonds is 5. The van der Waals surface area contributed by atoms with Crippen molar-refractivity contribution in [1.29, 1.82) is 0 Å². The summed E-state index contributed by atoms with van der Waals surface area (Å²) in [6.45, 7) is 6.39. The van der Waals surface area contributed by atoms with Crippen LogP contribution in [0.5, 0.6) is 11.5 Å². The Hall–Kier alpha value is -1.51. The number of methoxy groups -OCH3 is 2. The van der Waals surface area contributed by atoms with Crippen molar-refractivity contribution in [2.45, 2.75) is 33.6 Å². The van der Waals surface area contributed by atoms with Crippen LogP contribution in [0.3, 0.4) is 0 Å². The molecular formula is C15H22O3. The minimum atomic E-state index is 0.115. The molecule has 0 saturated heterocycles. The third-order valence-electron chi connectivity index (χ3n) is 2.81. The number of benzene rings is 1. The van der Waals surface area contributed by atoms with E-state index in [0.717, 1.165) is 6.42 Å². The lowest BCUT2D eigenvalue weighted by atomic mass is 9.88. The van der Waals surface area contributed by atoms with Gasteiger partial charge in [-0.25, -0.2) is 0 Å². The van der Waals surface area contributed by atoms with Crippen LogP contribution in [0.25, 0.3) is 0 Å². The highest BCUT2D eigenvalue weighted by Gasteiger charge is 2.17. The molecule has 0 aliphatic heterocycles. The van der Waals surface area contributed by atoms with Gasteiger partial charge in [0, 0.05) is 12.5 Å². The van der Waals surface area contributed by atoms with Gasteiger partial charge in [0.1, 0.15) is 11.5 Å². The monoisotopic (exact) mass is 250 g/mol. The first-order valence-corrected chi connectivity index (χ1v) is 6.12. The second-order valence-electron chi connectivity index (χ2n) is 5.55. The molecule has 0 radical (unpaired) electrons. The fraction of sp³-hybridized carbons (Fsp3) is 0.533. The van der Waals surface area contributed by atoms with Crippen molar-refractivity contribution in [3.8, 4) is 11.5 Å². The molecule has 0 heterocycles. The van der Waals surface area contributed by atoms with Crippen molar-refractivity contribution in [2.75, 3.05) is 14.2 Å². The molecule has 1 aromatic carbocycles. The summed E-state index contributed by atoms with van der Waals surface area (Å²) in [5.41, 5.74) is 0.789. The van der Waals surface area contributed by atoms with Crippen LogP contribution in [0.1, 0.15) is 44.0 Å². The van der Waals surface area contributed by atoms with Gasteiger partial charge in [-0.15, -0.1) is 0 Å². The molecule has 0 unspecified atom stereocenters. The summed E-state index contributed by atoms with van der Waals surface area (Å²) in [6, 6.07) is 5.29. The number of ether oxygens (including phenoxy) is 2. The predicted octanol–water partition coefficient (Wildman–Crippen LogP) is 3.71. The normalized spacial score (nSPS) is 11.2. The molecular weight excluding hydrogens is 228 g/mol. The van der Waals surface area contributed by atoms with Crippen molar-refractivity contribution in [3.63, 3.8) is 0 Å². The molecule has 0 aromatic heterocycles. The molecule has 1 rings (SSSR count). The maximum Gasteiger partial charge on any atom is 0.166 e. The third kappa shape index (κ3) is 4.06. The first-order valence-electron chi connectivity index (χ1n) is 6.12. The summed E-state index contributed by atoms with van der Waals surface area (Å²) in [7, 11) is 3.16. The molecule has 1 aromatic rings. The van der Waals surface area contributed by atoms with Crippen molar-refractivity contribution in [2.24, 2.45) is 5.41 Å². The molecule has 0 aliphatic carbocycles. The Balaban J connectivity index is 2.85. The standard InChI is InChI=1S/C15H22O3/c1-15(2,3)9-8-13(16)12-7-6-11(17-4)10-14(12)18-5/h6-7,10H,8-9H2,1-5H3. The quantitative estimate of drug-likeness (QED) is 0.747. The fourth-order valence-corrected chi connectivity index (χ4v) is 1.65. The van der Waals surface area contributed by atoms with Gasteiger partial charge in [0.05, 0.1) is 19.8 Å². The van der Waals surface area contributed by atoms with E-state index in [1.165, 1.54) is 0 Å². The highest BCUT2D eigenvalue weighted by Crippen LogP contribution is 2.28. The number of ketones is 1. The van der Waals surface area contributed by atoms with E-state index < -0.39 is 0 Å². The van der Waals surface area contributed by atoms with Crippen LogP contribution in [-0.2, 0) is 0 Å². The zero-order chi connectivity index (χ0) is 13.8. The Morgan fingerprint density at radius 3 is 2.33 bits per heavy atom. The van der Waals surface area contributed by atoms with Crippen molar-refractivity contribution < 1.29 is 14.3 Å². The summed E-state index contributed by atoms with van der Waals surface area (Å²) in [5.74, 6) is 1.39. The van der Waals surface area contributed by atoms with Gasteiger partial charge in [-0.1, -0.05) is 20.8 Å². The highest BCUT2D eigenvalue weighted by atomic mass is 16.5. The second-order valence-corrected chi connectivity index (χ2v) is 5.55. The van der Waals surface area contributed by atoms with Gasteiger partial charge >= 0.3 is 0 Å². The van der Waals surface area contributed by atoms with Gasteiger partial charge in [0.25, 0.3) is 0 Å². The lowest BCUT2D eigenvalue weighted by molar-refractivity contribution is 0.0963. The van der Waals surface area contributed by atoms with Gasteiger partial charge < -0.3 is 9.47 Å². The van der Waals surface area contributed by atoms with E-state index in [4.69, 9.17) is 9.47 Å². The molecule has 0 bridgehead atoms. The SMILES string of the molecule is COc1ccc(C(=O)CCC(C)(C)C)c(OC)c1. The van der Waals surface area contributed by atoms with E-state index in [1.807, 2.05) is 0 Å². The molecule has 18 heavy (non-hydrogen) atoms. The zero-order valence-electron chi connectivity index (χ0n) is 11.9. The first kappa shape index (κ1) is 14.6. The first-order chi connectivity index (χ1) is 8.37.